The van der Waals surface area contributed by atoms with E-state index in [1.165, 1.54) is 41.6 Å². The molecule has 0 fully saturated rings. The van der Waals surface area contributed by atoms with Crippen molar-refractivity contribution < 1.29 is 13.7 Å². The summed E-state index contributed by atoms with van der Waals surface area (Å²) in [7, 11) is 1.77. The molecule has 28 heavy (non-hydrogen) atoms. The topological polar surface area (TPSA) is 47.6 Å². The second-order valence-corrected chi connectivity index (χ2v) is 8.22. The summed E-state index contributed by atoms with van der Waals surface area (Å²) in [4.78, 5) is 11.7. The molecule has 2 aromatic carbocycles. The Morgan fingerprint density at radius 3 is 3.07 bits per heavy atom. The number of ether oxygens (including phenoxy) is 1. The number of nitrogens with one attached hydrogen (secondary N) is 1. The van der Waals surface area contributed by atoms with Crippen molar-refractivity contribution in [2.24, 2.45) is 0 Å². The van der Waals surface area contributed by atoms with Crippen molar-refractivity contribution in [3.05, 3.63) is 64.2 Å². The monoisotopic (exact) mass is 397 g/mol. The highest BCUT2D eigenvalue weighted by molar-refractivity contribution is 7.94. The molecule has 0 bridgehead atoms. The highest BCUT2D eigenvalue weighted by Crippen LogP contribution is 2.38. The van der Waals surface area contributed by atoms with E-state index >= 15 is 0 Å². The summed E-state index contributed by atoms with van der Waals surface area (Å²) in [5.41, 5.74) is 5.96. The normalized spacial score (nSPS) is 18.2. The highest BCUT2D eigenvalue weighted by Gasteiger charge is 2.22. The zero-order valence-corrected chi connectivity index (χ0v) is 17.1. The lowest BCUT2D eigenvalue weighted by molar-refractivity contribution is 0.0762. The van der Waals surface area contributed by atoms with Gasteiger partial charge in [-0.15, -0.1) is 0 Å². The highest BCUT2D eigenvalue weighted by atomic mass is 32.2. The molecule has 4 nitrogen and oxygen atoms in total. The van der Waals surface area contributed by atoms with Crippen molar-refractivity contribution >= 4 is 18.0 Å². The fraction of sp³-hybridized carbons (Fsp3) is 0.435. The molecule has 2 aliphatic rings. The van der Waals surface area contributed by atoms with Gasteiger partial charge in [-0.2, -0.15) is 0 Å². The van der Waals surface area contributed by atoms with Crippen LogP contribution in [0.2, 0.25) is 0 Å². The maximum atomic E-state index is 11.7. The molecule has 1 unspecified atom stereocenters. The maximum Gasteiger partial charge on any atom is 0.350 e. The first-order valence-corrected chi connectivity index (χ1v) is 11.0. The Morgan fingerprint density at radius 2 is 2.18 bits per heavy atom. The quantitative estimate of drug-likeness (QED) is 0.544. The summed E-state index contributed by atoms with van der Waals surface area (Å²) in [6.07, 6.45) is 5.77. The lowest BCUT2D eigenvalue weighted by Gasteiger charge is -2.27. The lowest BCUT2D eigenvalue weighted by atomic mass is 9.80. The van der Waals surface area contributed by atoms with E-state index in [1.54, 1.807) is 7.11 Å². The van der Waals surface area contributed by atoms with Gasteiger partial charge in [0.15, 0.2) is 0 Å². The van der Waals surface area contributed by atoms with E-state index in [-0.39, 0.29) is 5.97 Å². The van der Waals surface area contributed by atoms with Gasteiger partial charge in [-0.05, 0) is 85.5 Å². The minimum Gasteiger partial charge on any atom is -0.496 e. The minimum absolute atomic E-state index is 0.222. The zero-order valence-electron chi connectivity index (χ0n) is 16.3. The Hall–Kier alpha value is -1.98. The average Bonchev–Trinajstić information content (AvgIpc) is 2.73. The van der Waals surface area contributed by atoms with Gasteiger partial charge in [0.25, 0.3) is 0 Å². The third-order valence-electron chi connectivity index (χ3n) is 5.81. The van der Waals surface area contributed by atoms with E-state index in [9.17, 15) is 4.79 Å². The SMILES string of the molecule is COc1cccc2c1CCCC2CCNCCc1ccc2c(c1)CSOC2=O. The molecule has 4 rings (SSSR count). The molecule has 0 saturated heterocycles. The summed E-state index contributed by atoms with van der Waals surface area (Å²) in [5, 5.41) is 3.60. The molecule has 0 radical (unpaired) electrons. The predicted octanol–water partition coefficient (Wildman–Crippen LogP) is 4.66. The molecule has 0 aromatic heterocycles. The first kappa shape index (κ1) is 19.3. The van der Waals surface area contributed by atoms with Crippen molar-refractivity contribution in [2.75, 3.05) is 20.2 Å². The van der Waals surface area contributed by atoms with Gasteiger partial charge in [0.05, 0.1) is 30.5 Å². The number of benzene rings is 2. The summed E-state index contributed by atoms with van der Waals surface area (Å²) >= 11 is 1.23. The van der Waals surface area contributed by atoms with Gasteiger partial charge in [0.2, 0.25) is 0 Å². The number of hydrogen-bond donors (Lipinski definition) is 1. The van der Waals surface area contributed by atoms with Crippen LogP contribution < -0.4 is 10.1 Å². The molecular formula is C23H27NO3S. The molecule has 5 heteroatoms. The first-order valence-electron chi connectivity index (χ1n) is 10.1. The van der Waals surface area contributed by atoms with Crippen molar-refractivity contribution in [1.29, 1.82) is 0 Å². The maximum absolute atomic E-state index is 11.7. The molecule has 1 heterocycles. The van der Waals surface area contributed by atoms with Gasteiger partial charge in [0, 0.05) is 0 Å². The van der Waals surface area contributed by atoms with E-state index in [0.717, 1.165) is 49.4 Å². The van der Waals surface area contributed by atoms with Crippen LogP contribution in [0.1, 0.15) is 57.8 Å². The predicted molar refractivity (Wildman–Crippen MR) is 113 cm³/mol. The van der Waals surface area contributed by atoms with E-state index in [2.05, 4.69) is 29.6 Å². The molecule has 148 valence electrons. The molecular weight excluding hydrogens is 370 g/mol. The number of carbonyl (C=O) groups is 1. The second kappa shape index (κ2) is 9.01. The summed E-state index contributed by atoms with van der Waals surface area (Å²) < 4.78 is 10.6. The number of fused-ring (bicyclic) bond motifs is 2. The first-order chi connectivity index (χ1) is 13.8. The fourth-order valence-corrected chi connectivity index (χ4v) is 4.97. The van der Waals surface area contributed by atoms with Crippen molar-refractivity contribution in [3.8, 4) is 5.75 Å². The van der Waals surface area contributed by atoms with Gasteiger partial charge in [-0.1, -0.05) is 24.3 Å². The standard InChI is InChI=1S/C23H27NO3S/c1-26-22-7-3-5-19-17(4-2-6-21(19)22)11-13-24-12-10-16-8-9-20-18(14-16)15-28-27-23(20)25/h3,5,7-9,14,17,24H,2,4,6,10-13,15H2,1H3. The van der Waals surface area contributed by atoms with E-state index in [4.69, 9.17) is 8.92 Å². The Bertz CT molecular complexity index is 852. The lowest BCUT2D eigenvalue weighted by Crippen LogP contribution is -2.22. The minimum atomic E-state index is -0.222. The van der Waals surface area contributed by atoms with Gasteiger partial charge in [0.1, 0.15) is 5.75 Å². The van der Waals surface area contributed by atoms with Gasteiger partial charge >= 0.3 is 5.97 Å². The molecule has 1 N–H and O–H groups in total. The van der Waals surface area contributed by atoms with Crippen LogP contribution >= 0.6 is 12.0 Å². The van der Waals surface area contributed by atoms with Crippen molar-refractivity contribution in [3.63, 3.8) is 0 Å². The third kappa shape index (κ3) is 4.20. The Balaban J connectivity index is 1.27. The van der Waals surface area contributed by atoms with E-state index in [0.29, 0.717) is 11.5 Å². The van der Waals surface area contributed by atoms with Crippen LogP contribution in [0.4, 0.5) is 0 Å². The number of methoxy groups -OCH3 is 1. The van der Waals surface area contributed by atoms with Gasteiger partial charge < -0.3 is 14.2 Å². The van der Waals surface area contributed by atoms with Crippen LogP contribution in [0, 0.1) is 0 Å². The second-order valence-electron chi connectivity index (χ2n) is 7.53. The van der Waals surface area contributed by atoms with Crippen LogP contribution in [-0.4, -0.2) is 26.2 Å². The fourth-order valence-electron chi connectivity index (χ4n) is 4.35. The molecule has 1 atom stereocenters. The number of rotatable bonds is 7. The summed E-state index contributed by atoms with van der Waals surface area (Å²) in [5.74, 6) is 2.19. The van der Waals surface area contributed by atoms with Crippen LogP contribution in [0.5, 0.6) is 5.75 Å². The largest absolute Gasteiger partial charge is 0.496 e. The zero-order chi connectivity index (χ0) is 19.3. The Kier molecular flexibility index (Phi) is 6.23. The van der Waals surface area contributed by atoms with Gasteiger partial charge in [-0.25, -0.2) is 4.79 Å². The van der Waals surface area contributed by atoms with Crippen molar-refractivity contribution in [1.82, 2.24) is 5.32 Å². The Morgan fingerprint density at radius 1 is 1.25 bits per heavy atom. The smallest absolute Gasteiger partial charge is 0.350 e. The van der Waals surface area contributed by atoms with Gasteiger partial charge in [-0.3, -0.25) is 0 Å². The molecule has 0 spiro atoms. The molecule has 1 aliphatic heterocycles. The van der Waals surface area contributed by atoms with Crippen LogP contribution in [0.15, 0.2) is 36.4 Å². The van der Waals surface area contributed by atoms with Crippen LogP contribution in [0.3, 0.4) is 0 Å². The molecule has 2 aromatic rings. The summed E-state index contributed by atoms with van der Waals surface area (Å²) in [6, 6.07) is 12.6. The summed E-state index contributed by atoms with van der Waals surface area (Å²) in [6.45, 7) is 1.97. The third-order valence-corrected chi connectivity index (χ3v) is 6.51. The average molecular weight is 398 g/mol. The van der Waals surface area contributed by atoms with Crippen LogP contribution in [0.25, 0.3) is 0 Å². The Labute approximate surface area is 171 Å². The van der Waals surface area contributed by atoms with E-state index < -0.39 is 0 Å². The molecule has 0 saturated carbocycles. The van der Waals surface area contributed by atoms with E-state index in [1.807, 2.05) is 12.1 Å². The number of hydrogen-bond acceptors (Lipinski definition) is 5. The van der Waals surface area contributed by atoms with Crippen LogP contribution in [-0.2, 0) is 22.8 Å². The number of carbonyl (C=O) groups excluding carboxylic acids is 1. The van der Waals surface area contributed by atoms with Crippen molar-refractivity contribution in [2.45, 2.75) is 43.8 Å². The molecule has 0 amide bonds. The molecule has 1 aliphatic carbocycles.